The Morgan fingerprint density at radius 1 is 1.27 bits per heavy atom. The standard InChI is InChI=1S/C17H22N2O2S/c1-21-15-8-6-13(7-9-15)11-19-14(12-20)10-18-17(19)22-16-4-2-3-5-16/h6-10,16,20H,2-5,11-12H2,1H3. The smallest absolute Gasteiger partial charge is 0.168 e. The SMILES string of the molecule is COc1ccc(Cn2c(CO)cnc2SC2CCCC2)cc1. The van der Waals surface area contributed by atoms with Crippen molar-refractivity contribution in [3.63, 3.8) is 0 Å². The first-order valence-electron chi connectivity index (χ1n) is 7.75. The lowest BCUT2D eigenvalue weighted by molar-refractivity contribution is 0.270. The summed E-state index contributed by atoms with van der Waals surface area (Å²) in [7, 11) is 1.67. The van der Waals surface area contributed by atoms with Gasteiger partial charge >= 0.3 is 0 Å². The Morgan fingerprint density at radius 3 is 2.64 bits per heavy atom. The summed E-state index contributed by atoms with van der Waals surface area (Å²) in [6.07, 6.45) is 6.98. The highest BCUT2D eigenvalue weighted by molar-refractivity contribution is 7.99. The van der Waals surface area contributed by atoms with E-state index in [1.165, 1.54) is 31.2 Å². The van der Waals surface area contributed by atoms with Crippen molar-refractivity contribution in [1.82, 2.24) is 9.55 Å². The second-order valence-corrected chi connectivity index (χ2v) is 6.92. The molecule has 1 fully saturated rings. The minimum Gasteiger partial charge on any atom is -0.497 e. The van der Waals surface area contributed by atoms with E-state index in [2.05, 4.69) is 21.7 Å². The minimum atomic E-state index is 0.0222. The van der Waals surface area contributed by atoms with Gasteiger partial charge in [0.2, 0.25) is 0 Å². The van der Waals surface area contributed by atoms with Gasteiger partial charge in [-0.1, -0.05) is 36.7 Å². The van der Waals surface area contributed by atoms with Crippen LogP contribution in [0, 0.1) is 0 Å². The molecule has 22 heavy (non-hydrogen) atoms. The molecule has 0 saturated heterocycles. The Balaban J connectivity index is 1.79. The molecule has 1 aromatic carbocycles. The molecule has 1 aliphatic rings. The molecular weight excluding hydrogens is 296 g/mol. The monoisotopic (exact) mass is 318 g/mol. The number of hydrogen-bond acceptors (Lipinski definition) is 4. The number of hydrogen-bond donors (Lipinski definition) is 1. The molecule has 0 radical (unpaired) electrons. The second kappa shape index (κ2) is 7.20. The third-order valence-electron chi connectivity index (χ3n) is 4.14. The summed E-state index contributed by atoms with van der Waals surface area (Å²) in [6, 6.07) is 8.05. The Morgan fingerprint density at radius 2 is 2.00 bits per heavy atom. The lowest BCUT2D eigenvalue weighted by Crippen LogP contribution is -2.07. The van der Waals surface area contributed by atoms with Crippen LogP contribution < -0.4 is 4.74 Å². The number of rotatable bonds is 6. The first-order valence-corrected chi connectivity index (χ1v) is 8.63. The number of thioether (sulfide) groups is 1. The molecular formula is C17H22N2O2S. The lowest BCUT2D eigenvalue weighted by atomic mass is 10.2. The zero-order valence-electron chi connectivity index (χ0n) is 12.9. The van der Waals surface area contributed by atoms with Gasteiger partial charge < -0.3 is 14.4 Å². The van der Waals surface area contributed by atoms with E-state index in [1.54, 1.807) is 13.3 Å². The van der Waals surface area contributed by atoms with Crippen LogP contribution in [0.4, 0.5) is 0 Å². The molecule has 0 atom stereocenters. The summed E-state index contributed by atoms with van der Waals surface area (Å²) < 4.78 is 7.33. The molecule has 2 aromatic rings. The van der Waals surface area contributed by atoms with Crippen molar-refractivity contribution in [3.8, 4) is 5.75 Å². The normalized spacial score (nSPS) is 15.4. The summed E-state index contributed by atoms with van der Waals surface area (Å²) in [5, 5.41) is 11.3. The van der Waals surface area contributed by atoms with Gasteiger partial charge in [-0.2, -0.15) is 0 Å². The van der Waals surface area contributed by atoms with E-state index < -0.39 is 0 Å². The van der Waals surface area contributed by atoms with Crippen molar-refractivity contribution in [2.45, 2.75) is 49.2 Å². The lowest BCUT2D eigenvalue weighted by Gasteiger charge is -2.13. The summed E-state index contributed by atoms with van der Waals surface area (Å²) in [4.78, 5) is 4.52. The number of aliphatic hydroxyl groups excluding tert-OH is 1. The van der Waals surface area contributed by atoms with E-state index in [1.807, 2.05) is 23.9 Å². The van der Waals surface area contributed by atoms with Crippen LogP contribution in [0.15, 0.2) is 35.6 Å². The van der Waals surface area contributed by atoms with Crippen LogP contribution >= 0.6 is 11.8 Å². The van der Waals surface area contributed by atoms with Crippen molar-refractivity contribution >= 4 is 11.8 Å². The van der Waals surface area contributed by atoms with E-state index in [9.17, 15) is 5.11 Å². The topological polar surface area (TPSA) is 47.3 Å². The first kappa shape index (κ1) is 15.4. The Kier molecular flexibility index (Phi) is 5.05. The molecule has 5 heteroatoms. The number of ether oxygens (including phenoxy) is 1. The predicted octanol–water partition coefficient (Wildman–Crippen LogP) is 3.47. The highest BCUT2D eigenvalue weighted by atomic mass is 32.2. The van der Waals surface area contributed by atoms with Crippen LogP contribution in [-0.2, 0) is 13.2 Å². The molecule has 1 aliphatic carbocycles. The van der Waals surface area contributed by atoms with E-state index in [4.69, 9.17) is 4.74 Å². The maximum absolute atomic E-state index is 9.56. The highest BCUT2D eigenvalue weighted by Crippen LogP contribution is 2.34. The van der Waals surface area contributed by atoms with E-state index in [0.717, 1.165) is 23.1 Å². The third-order valence-corrected chi connectivity index (χ3v) is 5.48. The average molecular weight is 318 g/mol. The predicted molar refractivity (Wildman–Crippen MR) is 88.4 cm³/mol. The molecule has 0 amide bonds. The second-order valence-electron chi connectivity index (χ2n) is 5.65. The summed E-state index contributed by atoms with van der Waals surface area (Å²) in [5.41, 5.74) is 2.05. The first-order chi connectivity index (χ1) is 10.8. The van der Waals surface area contributed by atoms with Gasteiger partial charge in [-0.25, -0.2) is 4.98 Å². The van der Waals surface area contributed by atoms with Crippen molar-refractivity contribution in [2.75, 3.05) is 7.11 Å². The maximum atomic E-state index is 9.56. The van der Waals surface area contributed by atoms with E-state index >= 15 is 0 Å². The van der Waals surface area contributed by atoms with Gasteiger partial charge in [0.05, 0.1) is 25.6 Å². The van der Waals surface area contributed by atoms with Gasteiger partial charge in [-0.3, -0.25) is 0 Å². The molecule has 4 nitrogen and oxygen atoms in total. The third kappa shape index (κ3) is 3.47. The molecule has 1 heterocycles. The summed E-state index contributed by atoms with van der Waals surface area (Å²) in [5.74, 6) is 0.859. The molecule has 1 N–H and O–H groups in total. The molecule has 0 spiro atoms. The molecule has 1 saturated carbocycles. The number of aliphatic hydroxyl groups is 1. The highest BCUT2D eigenvalue weighted by Gasteiger charge is 2.20. The minimum absolute atomic E-state index is 0.0222. The van der Waals surface area contributed by atoms with Gasteiger partial charge in [0.25, 0.3) is 0 Å². The van der Waals surface area contributed by atoms with Gasteiger partial charge in [0.15, 0.2) is 5.16 Å². The van der Waals surface area contributed by atoms with E-state index in [-0.39, 0.29) is 6.61 Å². The van der Waals surface area contributed by atoms with Gasteiger partial charge in [0.1, 0.15) is 5.75 Å². The largest absolute Gasteiger partial charge is 0.497 e. The fourth-order valence-electron chi connectivity index (χ4n) is 2.85. The molecule has 3 rings (SSSR count). The van der Waals surface area contributed by atoms with Gasteiger partial charge in [-0.05, 0) is 30.5 Å². The molecule has 0 unspecified atom stereocenters. The molecule has 0 aliphatic heterocycles. The van der Waals surface area contributed by atoms with Crippen molar-refractivity contribution in [3.05, 3.63) is 41.7 Å². The van der Waals surface area contributed by atoms with Crippen molar-refractivity contribution in [2.24, 2.45) is 0 Å². The van der Waals surface area contributed by atoms with Crippen LogP contribution in [-0.4, -0.2) is 27.0 Å². The fourth-order valence-corrected chi connectivity index (χ4v) is 4.14. The number of imidazole rings is 1. The van der Waals surface area contributed by atoms with Gasteiger partial charge in [-0.15, -0.1) is 0 Å². The maximum Gasteiger partial charge on any atom is 0.168 e. The molecule has 118 valence electrons. The Labute approximate surface area is 135 Å². The molecule has 1 aromatic heterocycles. The number of methoxy groups -OCH3 is 1. The van der Waals surface area contributed by atoms with Crippen LogP contribution in [0.2, 0.25) is 0 Å². The fraction of sp³-hybridized carbons (Fsp3) is 0.471. The zero-order chi connectivity index (χ0) is 15.4. The van der Waals surface area contributed by atoms with E-state index in [0.29, 0.717) is 5.25 Å². The molecule has 0 bridgehead atoms. The van der Waals surface area contributed by atoms with Crippen molar-refractivity contribution in [1.29, 1.82) is 0 Å². The van der Waals surface area contributed by atoms with Crippen LogP contribution in [0.3, 0.4) is 0 Å². The van der Waals surface area contributed by atoms with Crippen LogP contribution in [0.1, 0.15) is 36.9 Å². The summed E-state index contributed by atoms with van der Waals surface area (Å²) >= 11 is 1.86. The number of nitrogens with zero attached hydrogens (tertiary/aromatic N) is 2. The zero-order valence-corrected chi connectivity index (χ0v) is 13.7. The Hall–Kier alpha value is -1.46. The number of benzene rings is 1. The van der Waals surface area contributed by atoms with Crippen molar-refractivity contribution < 1.29 is 9.84 Å². The quantitative estimate of drug-likeness (QED) is 0.886. The van der Waals surface area contributed by atoms with Crippen LogP contribution in [0.25, 0.3) is 0 Å². The van der Waals surface area contributed by atoms with Gasteiger partial charge in [0, 0.05) is 11.8 Å². The average Bonchev–Trinajstić information content (AvgIpc) is 3.19. The van der Waals surface area contributed by atoms with Crippen LogP contribution in [0.5, 0.6) is 5.75 Å². The number of aromatic nitrogens is 2. The Bertz CT molecular complexity index is 604. The summed E-state index contributed by atoms with van der Waals surface area (Å²) in [6.45, 7) is 0.753.